The first-order valence-corrected chi connectivity index (χ1v) is 13.0. The van der Waals surface area contributed by atoms with Gasteiger partial charge >= 0.3 is 0 Å². The van der Waals surface area contributed by atoms with Crippen LogP contribution in [0.5, 0.6) is 5.75 Å². The minimum absolute atomic E-state index is 0.0632. The van der Waals surface area contributed by atoms with E-state index < -0.39 is 26.6 Å². The molecule has 3 aromatic rings. The molecule has 0 aliphatic rings. The van der Waals surface area contributed by atoms with Crippen molar-refractivity contribution in [2.45, 2.75) is 44.8 Å². The molecule has 0 radical (unpaired) electrons. The summed E-state index contributed by atoms with van der Waals surface area (Å²) in [4.78, 5) is 5.43. The van der Waals surface area contributed by atoms with E-state index in [4.69, 9.17) is 4.74 Å². The largest absolute Gasteiger partial charge is 0.496 e. The van der Waals surface area contributed by atoms with Crippen LogP contribution in [0.4, 0.5) is 20.3 Å². The molecule has 34 heavy (non-hydrogen) atoms. The molecule has 0 saturated heterocycles. The quantitative estimate of drug-likeness (QED) is 0.400. The van der Waals surface area contributed by atoms with E-state index >= 15 is 0 Å². The molecular weight excluding hydrogens is 482 g/mol. The second-order valence-electron chi connectivity index (χ2n) is 8.15. The van der Waals surface area contributed by atoms with Gasteiger partial charge in [0.1, 0.15) is 22.3 Å². The van der Waals surface area contributed by atoms with E-state index in [9.17, 15) is 17.2 Å². The zero-order valence-corrected chi connectivity index (χ0v) is 21.3. The standard InChI is InChI=1S/C23H28F2N4O3S2/c1-14(2)29(4)11-17-16(18(24)6-7-21(17)32-5)10-26-20-9-19(25)22(8-15(20)3)34(30,31)28-23-12-33-13-27-23/h6-9,12-14,26,28H,10-11H2,1-5H3. The number of thiazole rings is 1. The molecular formula is C23H28F2N4O3S2. The summed E-state index contributed by atoms with van der Waals surface area (Å²) >= 11 is 1.22. The highest BCUT2D eigenvalue weighted by Crippen LogP contribution is 2.30. The number of hydrogen-bond donors (Lipinski definition) is 2. The lowest BCUT2D eigenvalue weighted by atomic mass is 10.0. The summed E-state index contributed by atoms with van der Waals surface area (Å²) in [6.45, 7) is 6.25. The molecule has 0 fully saturated rings. The van der Waals surface area contributed by atoms with Crippen molar-refractivity contribution in [1.82, 2.24) is 9.88 Å². The molecule has 0 saturated carbocycles. The Hall–Kier alpha value is -2.76. The number of sulfonamides is 1. The fourth-order valence-corrected chi connectivity index (χ4v) is 5.02. The van der Waals surface area contributed by atoms with Gasteiger partial charge < -0.3 is 10.1 Å². The Labute approximate surface area is 202 Å². The lowest BCUT2D eigenvalue weighted by Gasteiger charge is -2.24. The fraction of sp³-hybridized carbons (Fsp3) is 0.348. The van der Waals surface area contributed by atoms with Gasteiger partial charge in [-0.1, -0.05) is 0 Å². The van der Waals surface area contributed by atoms with E-state index in [0.29, 0.717) is 34.7 Å². The second kappa shape index (κ2) is 10.7. The molecule has 0 spiro atoms. The van der Waals surface area contributed by atoms with Crippen LogP contribution in [0.3, 0.4) is 0 Å². The van der Waals surface area contributed by atoms with Crippen LogP contribution in [0.1, 0.15) is 30.5 Å². The zero-order chi connectivity index (χ0) is 25.0. The van der Waals surface area contributed by atoms with E-state index in [1.165, 1.54) is 41.5 Å². The molecule has 0 aliphatic heterocycles. The number of hydrogen-bond acceptors (Lipinski definition) is 7. The van der Waals surface area contributed by atoms with Crippen molar-refractivity contribution in [3.63, 3.8) is 0 Å². The Morgan fingerprint density at radius 3 is 2.53 bits per heavy atom. The molecule has 7 nitrogen and oxygen atoms in total. The van der Waals surface area contributed by atoms with Gasteiger partial charge in [0.25, 0.3) is 10.0 Å². The molecule has 0 amide bonds. The monoisotopic (exact) mass is 510 g/mol. The molecule has 0 aliphatic carbocycles. The van der Waals surface area contributed by atoms with Crippen LogP contribution in [-0.4, -0.2) is 38.5 Å². The third-order valence-corrected chi connectivity index (χ3v) is 7.49. The normalized spacial score (nSPS) is 11.8. The first-order valence-electron chi connectivity index (χ1n) is 10.5. The minimum atomic E-state index is -4.16. The second-order valence-corrected chi connectivity index (χ2v) is 10.5. The number of ether oxygens (including phenoxy) is 1. The number of nitrogens with one attached hydrogen (secondary N) is 2. The van der Waals surface area contributed by atoms with Crippen LogP contribution in [0.25, 0.3) is 0 Å². The number of aromatic nitrogens is 1. The SMILES string of the molecule is COc1ccc(F)c(CNc2cc(F)c(S(=O)(=O)Nc3cscn3)cc2C)c1CN(C)C(C)C. The van der Waals surface area contributed by atoms with Crippen molar-refractivity contribution in [2.24, 2.45) is 0 Å². The number of halogens is 2. The average Bonchev–Trinajstić information content (AvgIpc) is 3.27. The van der Waals surface area contributed by atoms with Gasteiger partial charge in [-0.25, -0.2) is 22.2 Å². The third kappa shape index (κ3) is 5.83. The number of anilines is 2. The Morgan fingerprint density at radius 1 is 1.18 bits per heavy atom. The highest BCUT2D eigenvalue weighted by Gasteiger charge is 2.22. The minimum Gasteiger partial charge on any atom is -0.496 e. The number of methoxy groups -OCH3 is 1. The molecule has 11 heteroatoms. The molecule has 3 rings (SSSR count). The Kier molecular flexibility index (Phi) is 8.11. The molecule has 1 aromatic heterocycles. The lowest BCUT2D eigenvalue weighted by Crippen LogP contribution is -2.27. The van der Waals surface area contributed by atoms with Gasteiger partial charge in [0.05, 0.1) is 12.6 Å². The van der Waals surface area contributed by atoms with Gasteiger partial charge in [0, 0.05) is 41.3 Å². The Morgan fingerprint density at radius 2 is 1.91 bits per heavy atom. The summed E-state index contributed by atoms with van der Waals surface area (Å²) in [6, 6.07) is 5.49. The van der Waals surface area contributed by atoms with Crippen LogP contribution >= 0.6 is 11.3 Å². The Balaban J connectivity index is 1.88. The summed E-state index contributed by atoms with van der Waals surface area (Å²) < 4.78 is 62.6. The van der Waals surface area contributed by atoms with Gasteiger partial charge in [0.2, 0.25) is 0 Å². The van der Waals surface area contributed by atoms with E-state index in [-0.39, 0.29) is 18.4 Å². The van der Waals surface area contributed by atoms with Crippen molar-refractivity contribution < 1.29 is 21.9 Å². The fourth-order valence-electron chi connectivity index (χ4n) is 3.32. The van der Waals surface area contributed by atoms with Gasteiger partial charge in [-0.15, -0.1) is 11.3 Å². The molecule has 0 bridgehead atoms. The number of aryl methyl sites for hydroxylation is 1. The van der Waals surface area contributed by atoms with Gasteiger partial charge in [-0.05, 0) is 57.6 Å². The van der Waals surface area contributed by atoms with Crippen LogP contribution in [0.2, 0.25) is 0 Å². The molecule has 2 aromatic carbocycles. The summed E-state index contributed by atoms with van der Waals surface area (Å²) in [6.07, 6.45) is 0. The van der Waals surface area contributed by atoms with Crippen molar-refractivity contribution in [3.05, 3.63) is 63.5 Å². The highest BCUT2D eigenvalue weighted by atomic mass is 32.2. The van der Waals surface area contributed by atoms with E-state index in [1.807, 2.05) is 20.9 Å². The number of benzene rings is 2. The summed E-state index contributed by atoms with van der Waals surface area (Å²) in [5.41, 5.74) is 3.40. The van der Waals surface area contributed by atoms with Crippen LogP contribution in [0, 0.1) is 18.6 Å². The first kappa shape index (κ1) is 25.9. The summed E-state index contributed by atoms with van der Waals surface area (Å²) in [5.74, 6) is -0.660. The molecule has 0 atom stereocenters. The van der Waals surface area contributed by atoms with E-state index in [1.54, 1.807) is 13.0 Å². The van der Waals surface area contributed by atoms with E-state index in [0.717, 1.165) is 6.07 Å². The van der Waals surface area contributed by atoms with Crippen LogP contribution in [-0.2, 0) is 23.1 Å². The molecule has 2 N–H and O–H groups in total. The topological polar surface area (TPSA) is 83.6 Å². The predicted molar refractivity (Wildman–Crippen MR) is 131 cm³/mol. The third-order valence-electron chi connectivity index (χ3n) is 5.54. The van der Waals surface area contributed by atoms with Crippen molar-refractivity contribution in [3.8, 4) is 5.75 Å². The lowest BCUT2D eigenvalue weighted by molar-refractivity contribution is 0.259. The van der Waals surface area contributed by atoms with Crippen molar-refractivity contribution >= 4 is 32.9 Å². The summed E-state index contributed by atoms with van der Waals surface area (Å²) in [5, 5.41) is 4.56. The maximum absolute atomic E-state index is 14.8. The van der Waals surface area contributed by atoms with Crippen molar-refractivity contribution in [2.75, 3.05) is 24.2 Å². The van der Waals surface area contributed by atoms with Crippen molar-refractivity contribution in [1.29, 1.82) is 0 Å². The average molecular weight is 511 g/mol. The summed E-state index contributed by atoms with van der Waals surface area (Å²) in [7, 11) is -0.691. The molecule has 0 unspecified atom stereocenters. The van der Waals surface area contributed by atoms with Gasteiger partial charge in [-0.2, -0.15) is 0 Å². The van der Waals surface area contributed by atoms with Gasteiger partial charge in [-0.3, -0.25) is 9.62 Å². The van der Waals surface area contributed by atoms with Crippen LogP contribution in [0.15, 0.2) is 40.1 Å². The smallest absolute Gasteiger partial charge is 0.266 e. The van der Waals surface area contributed by atoms with Crippen LogP contribution < -0.4 is 14.8 Å². The van der Waals surface area contributed by atoms with Gasteiger partial charge in [0.15, 0.2) is 5.82 Å². The number of nitrogens with zero attached hydrogens (tertiary/aromatic N) is 2. The molecule has 184 valence electrons. The molecule has 1 heterocycles. The van der Waals surface area contributed by atoms with E-state index in [2.05, 4.69) is 19.9 Å². The maximum Gasteiger partial charge on any atom is 0.266 e. The highest BCUT2D eigenvalue weighted by molar-refractivity contribution is 7.92. The maximum atomic E-state index is 14.8. The zero-order valence-electron chi connectivity index (χ0n) is 19.6. The Bertz CT molecular complexity index is 1250. The first-order chi connectivity index (χ1) is 16.0. The predicted octanol–water partition coefficient (Wildman–Crippen LogP) is 4.99. The number of rotatable bonds is 10.